The number of aliphatic hydroxyl groups is 1. The Morgan fingerprint density at radius 3 is 2.81 bits per heavy atom. The third-order valence-corrected chi connectivity index (χ3v) is 6.99. The van der Waals surface area contributed by atoms with Gasteiger partial charge >= 0.3 is 0 Å². The first kappa shape index (κ1) is 16.9. The lowest BCUT2D eigenvalue weighted by Gasteiger charge is -2.34. The Balaban J connectivity index is 2.50. The Labute approximate surface area is 134 Å². The molecule has 1 unspecified atom stereocenters. The fourth-order valence-corrected chi connectivity index (χ4v) is 5.19. The van der Waals surface area contributed by atoms with Crippen molar-refractivity contribution >= 4 is 26.0 Å². The van der Waals surface area contributed by atoms with Crippen LogP contribution in [0.5, 0.6) is 0 Å². The van der Waals surface area contributed by atoms with Crippen molar-refractivity contribution in [2.45, 2.75) is 37.8 Å². The molecular weight excluding hydrogens is 358 g/mol. The summed E-state index contributed by atoms with van der Waals surface area (Å²) in [6, 6.07) is 3.17. The first-order valence-electron chi connectivity index (χ1n) is 6.91. The van der Waals surface area contributed by atoms with E-state index in [1.54, 1.807) is 6.07 Å². The van der Waals surface area contributed by atoms with Gasteiger partial charge in [0, 0.05) is 17.1 Å². The zero-order valence-corrected chi connectivity index (χ0v) is 14.6. The number of sulfonamides is 1. The van der Waals surface area contributed by atoms with E-state index >= 15 is 0 Å². The predicted molar refractivity (Wildman–Crippen MR) is 83.6 cm³/mol. The second-order valence-electron chi connectivity index (χ2n) is 5.14. The number of nitrogens with zero attached hydrogens (tertiary/aromatic N) is 1. The lowest BCUT2D eigenvalue weighted by molar-refractivity contribution is 0.0314. The second-order valence-corrected chi connectivity index (χ2v) is 7.79. The lowest BCUT2D eigenvalue weighted by Crippen LogP contribution is -2.48. The van der Waals surface area contributed by atoms with Gasteiger partial charge in [-0.05, 0) is 46.5 Å². The van der Waals surface area contributed by atoms with Gasteiger partial charge < -0.3 is 9.84 Å². The number of aryl methyl sites for hydroxylation is 1. The maximum atomic E-state index is 13.0. The topological polar surface area (TPSA) is 66.8 Å². The summed E-state index contributed by atoms with van der Waals surface area (Å²) in [6.07, 6.45) is 0.704. The SMILES string of the molecule is CCC1COCCN1S(=O)(=O)c1cc(CO)cc(C)c1Br. The molecular formula is C14H20BrNO4S. The number of benzene rings is 1. The minimum absolute atomic E-state index is 0.145. The van der Waals surface area contributed by atoms with Gasteiger partial charge in [0.2, 0.25) is 10.0 Å². The van der Waals surface area contributed by atoms with Crippen LogP contribution in [-0.4, -0.2) is 43.6 Å². The van der Waals surface area contributed by atoms with Gasteiger partial charge in [-0.25, -0.2) is 8.42 Å². The van der Waals surface area contributed by atoms with E-state index in [1.807, 2.05) is 13.8 Å². The Morgan fingerprint density at radius 2 is 2.19 bits per heavy atom. The zero-order chi connectivity index (χ0) is 15.6. The van der Waals surface area contributed by atoms with Crippen LogP contribution in [0, 0.1) is 6.92 Å². The van der Waals surface area contributed by atoms with E-state index in [1.165, 1.54) is 10.4 Å². The zero-order valence-electron chi connectivity index (χ0n) is 12.2. The highest BCUT2D eigenvalue weighted by Gasteiger charge is 2.34. The molecule has 1 atom stereocenters. The van der Waals surface area contributed by atoms with Crippen LogP contribution in [0.4, 0.5) is 0 Å². The molecule has 0 saturated carbocycles. The summed E-state index contributed by atoms with van der Waals surface area (Å²) in [6.45, 7) is 4.77. The van der Waals surface area contributed by atoms with Gasteiger partial charge in [-0.1, -0.05) is 13.0 Å². The van der Waals surface area contributed by atoms with Crippen LogP contribution >= 0.6 is 15.9 Å². The van der Waals surface area contributed by atoms with E-state index in [4.69, 9.17) is 4.74 Å². The average molecular weight is 378 g/mol. The molecule has 1 N–H and O–H groups in total. The molecule has 1 aliphatic heterocycles. The highest BCUT2D eigenvalue weighted by Crippen LogP contribution is 2.31. The summed E-state index contributed by atoms with van der Waals surface area (Å²) in [5.41, 5.74) is 1.39. The van der Waals surface area contributed by atoms with Crippen LogP contribution in [0.25, 0.3) is 0 Å². The summed E-state index contributed by atoms with van der Waals surface area (Å²) < 4.78 is 33.4. The highest BCUT2D eigenvalue weighted by atomic mass is 79.9. The van der Waals surface area contributed by atoms with Gasteiger partial charge in [0.15, 0.2) is 0 Å². The number of morpholine rings is 1. The van der Waals surface area contributed by atoms with Crippen LogP contribution < -0.4 is 0 Å². The average Bonchev–Trinajstić information content (AvgIpc) is 2.49. The van der Waals surface area contributed by atoms with Gasteiger partial charge in [-0.15, -0.1) is 0 Å². The minimum atomic E-state index is -3.61. The van der Waals surface area contributed by atoms with E-state index in [2.05, 4.69) is 15.9 Å². The molecule has 1 aliphatic rings. The van der Waals surface area contributed by atoms with Crippen LogP contribution in [0.1, 0.15) is 24.5 Å². The van der Waals surface area contributed by atoms with Crippen molar-refractivity contribution in [1.82, 2.24) is 4.31 Å². The third-order valence-electron chi connectivity index (χ3n) is 3.69. The number of hydrogen-bond acceptors (Lipinski definition) is 4. The van der Waals surface area contributed by atoms with Crippen molar-refractivity contribution in [2.24, 2.45) is 0 Å². The van der Waals surface area contributed by atoms with E-state index in [9.17, 15) is 13.5 Å². The second kappa shape index (κ2) is 6.75. The molecule has 1 saturated heterocycles. The fraction of sp³-hybridized carbons (Fsp3) is 0.571. The number of hydrogen-bond donors (Lipinski definition) is 1. The highest BCUT2D eigenvalue weighted by molar-refractivity contribution is 9.10. The molecule has 0 bridgehead atoms. The molecule has 0 radical (unpaired) electrons. The molecule has 1 aromatic carbocycles. The molecule has 0 spiro atoms. The van der Waals surface area contributed by atoms with Crippen LogP contribution in [0.2, 0.25) is 0 Å². The molecule has 21 heavy (non-hydrogen) atoms. The monoisotopic (exact) mass is 377 g/mol. The van der Waals surface area contributed by atoms with Crippen molar-refractivity contribution < 1.29 is 18.3 Å². The Bertz CT molecular complexity index is 618. The Morgan fingerprint density at radius 1 is 1.48 bits per heavy atom. The van der Waals surface area contributed by atoms with Crippen molar-refractivity contribution in [3.63, 3.8) is 0 Å². The third kappa shape index (κ3) is 3.32. The van der Waals surface area contributed by atoms with Gasteiger partial charge in [0.05, 0.1) is 24.7 Å². The van der Waals surface area contributed by atoms with E-state index in [0.717, 1.165) is 5.56 Å². The number of ether oxygens (including phenoxy) is 1. The molecule has 2 rings (SSSR count). The molecule has 1 fully saturated rings. The molecule has 0 aromatic heterocycles. The summed E-state index contributed by atoms with van der Waals surface area (Å²) in [5, 5.41) is 9.31. The maximum absolute atomic E-state index is 13.0. The van der Waals surface area contributed by atoms with Crippen molar-refractivity contribution in [3.05, 3.63) is 27.7 Å². The first-order valence-corrected chi connectivity index (χ1v) is 9.14. The van der Waals surface area contributed by atoms with Crippen molar-refractivity contribution in [3.8, 4) is 0 Å². The van der Waals surface area contributed by atoms with Crippen LogP contribution in [0.15, 0.2) is 21.5 Å². The molecule has 1 aromatic rings. The molecule has 1 heterocycles. The van der Waals surface area contributed by atoms with Gasteiger partial charge in [-0.3, -0.25) is 0 Å². The van der Waals surface area contributed by atoms with Crippen LogP contribution in [0.3, 0.4) is 0 Å². The quantitative estimate of drug-likeness (QED) is 0.871. The van der Waals surface area contributed by atoms with Gasteiger partial charge in [0.25, 0.3) is 0 Å². The van der Waals surface area contributed by atoms with E-state index in [0.29, 0.717) is 36.2 Å². The summed E-state index contributed by atoms with van der Waals surface area (Å²) in [7, 11) is -3.61. The molecule has 0 amide bonds. The molecule has 7 heteroatoms. The molecule has 118 valence electrons. The standard InChI is InChI=1S/C14H20BrNO4S/c1-3-12-9-20-5-4-16(12)21(18,19)13-7-11(8-17)6-10(2)14(13)15/h6-7,12,17H,3-5,8-9H2,1-2H3. The minimum Gasteiger partial charge on any atom is -0.392 e. The summed E-state index contributed by atoms with van der Waals surface area (Å²) in [4.78, 5) is 0.215. The first-order chi connectivity index (χ1) is 9.91. The predicted octanol–water partition coefficient (Wildman–Crippen LogP) is 2.05. The normalized spacial score (nSPS) is 20.7. The lowest BCUT2D eigenvalue weighted by atomic mass is 10.1. The van der Waals surface area contributed by atoms with E-state index in [-0.39, 0.29) is 17.5 Å². The van der Waals surface area contributed by atoms with Crippen LogP contribution in [-0.2, 0) is 21.4 Å². The molecule has 0 aliphatic carbocycles. The largest absolute Gasteiger partial charge is 0.392 e. The Kier molecular flexibility index (Phi) is 5.43. The maximum Gasteiger partial charge on any atom is 0.244 e. The smallest absolute Gasteiger partial charge is 0.244 e. The molecule has 5 nitrogen and oxygen atoms in total. The Hall–Kier alpha value is -0.470. The van der Waals surface area contributed by atoms with Crippen molar-refractivity contribution in [2.75, 3.05) is 19.8 Å². The summed E-state index contributed by atoms with van der Waals surface area (Å²) >= 11 is 3.37. The number of aliphatic hydroxyl groups excluding tert-OH is 1. The van der Waals surface area contributed by atoms with Gasteiger partial charge in [-0.2, -0.15) is 4.31 Å². The number of rotatable bonds is 4. The van der Waals surface area contributed by atoms with Crippen molar-refractivity contribution in [1.29, 1.82) is 0 Å². The summed E-state index contributed by atoms with van der Waals surface area (Å²) in [5.74, 6) is 0. The number of halogens is 1. The van der Waals surface area contributed by atoms with E-state index < -0.39 is 10.0 Å². The fourth-order valence-electron chi connectivity index (χ4n) is 2.49. The van der Waals surface area contributed by atoms with Gasteiger partial charge in [0.1, 0.15) is 0 Å².